The number of aryl methyl sites for hydroxylation is 2. The lowest BCUT2D eigenvalue weighted by molar-refractivity contribution is -0.133. The highest BCUT2D eigenvalue weighted by molar-refractivity contribution is 5.96. The summed E-state index contributed by atoms with van der Waals surface area (Å²) in [5.74, 6) is -0.523. The van der Waals surface area contributed by atoms with Gasteiger partial charge in [-0.15, -0.1) is 0 Å². The van der Waals surface area contributed by atoms with E-state index in [1.54, 1.807) is 37.5 Å². The lowest BCUT2D eigenvalue weighted by Crippen LogP contribution is -2.43. The molecule has 0 fully saturated rings. The second-order valence-corrected chi connectivity index (χ2v) is 5.58. The third-order valence-corrected chi connectivity index (χ3v) is 3.33. The first kappa shape index (κ1) is 15.7. The molecular weight excluding hydrogens is 280 g/mol. The molecule has 0 unspecified atom stereocenters. The molecule has 1 aromatic heterocycles. The Kier molecular flexibility index (Phi) is 4.29. The third-order valence-electron chi connectivity index (χ3n) is 3.33. The molecule has 1 amide bonds. The van der Waals surface area contributed by atoms with E-state index in [0.29, 0.717) is 11.3 Å². The molecule has 0 radical (unpaired) electrons. The van der Waals surface area contributed by atoms with Crippen molar-refractivity contribution in [2.24, 2.45) is 0 Å². The number of aliphatic hydroxyl groups is 1. The lowest BCUT2D eigenvalue weighted by Gasteiger charge is -2.22. The minimum atomic E-state index is -1.60. The second-order valence-electron chi connectivity index (χ2n) is 5.58. The Balaban J connectivity index is 2.10. The molecule has 2 aromatic rings. The predicted octanol–water partition coefficient (Wildman–Crippen LogP) is 1.76. The summed E-state index contributed by atoms with van der Waals surface area (Å²) in [6.45, 7) is 5.18. The molecule has 0 aliphatic heterocycles. The summed E-state index contributed by atoms with van der Waals surface area (Å²) in [7, 11) is 0. The summed E-state index contributed by atoms with van der Waals surface area (Å²) < 4.78 is 1.53. The maximum absolute atomic E-state index is 12.2. The average molecular weight is 298 g/mol. The van der Waals surface area contributed by atoms with Gasteiger partial charge < -0.3 is 10.4 Å². The van der Waals surface area contributed by atoms with Gasteiger partial charge in [-0.1, -0.05) is 0 Å². The third kappa shape index (κ3) is 3.51. The van der Waals surface area contributed by atoms with Gasteiger partial charge in [-0.05, 0) is 50.1 Å². The van der Waals surface area contributed by atoms with Crippen molar-refractivity contribution in [1.29, 1.82) is 5.26 Å². The number of amides is 1. The number of nitrogens with zero attached hydrogens (tertiary/aromatic N) is 3. The lowest BCUT2D eigenvalue weighted by atomic mass is 10.1. The minimum Gasteiger partial charge on any atom is -0.378 e. The standard InChI is InChI=1S/C16H18N4O2/c1-11-8-18-20(9-11)10-16(3,22)15(21)19-14-5-4-13(7-17)12(2)6-14/h4-6,8-9,22H,10H2,1-3H3,(H,19,21)/t16-/m0/s1. The van der Waals surface area contributed by atoms with Gasteiger partial charge in [-0.3, -0.25) is 9.48 Å². The average Bonchev–Trinajstić information content (AvgIpc) is 2.83. The monoisotopic (exact) mass is 298 g/mol. The number of hydrogen-bond acceptors (Lipinski definition) is 4. The zero-order chi connectivity index (χ0) is 16.3. The van der Waals surface area contributed by atoms with E-state index in [9.17, 15) is 9.90 Å². The fraction of sp³-hybridized carbons (Fsp3) is 0.312. The van der Waals surface area contributed by atoms with E-state index in [1.807, 2.05) is 6.92 Å². The van der Waals surface area contributed by atoms with Crippen molar-refractivity contribution in [3.8, 4) is 6.07 Å². The van der Waals surface area contributed by atoms with Crippen molar-refractivity contribution in [2.75, 3.05) is 5.32 Å². The van der Waals surface area contributed by atoms with E-state index in [4.69, 9.17) is 5.26 Å². The van der Waals surface area contributed by atoms with E-state index in [2.05, 4.69) is 16.5 Å². The topological polar surface area (TPSA) is 90.9 Å². The molecule has 0 aliphatic carbocycles. The van der Waals surface area contributed by atoms with Gasteiger partial charge in [0.25, 0.3) is 5.91 Å². The van der Waals surface area contributed by atoms with Crippen LogP contribution in [0.5, 0.6) is 0 Å². The fourth-order valence-electron chi connectivity index (χ4n) is 2.07. The number of anilines is 1. The number of aromatic nitrogens is 2. The Morgan fingerprint density at radius 1 is 1.50 bits per heavy atom. The first-order valence-corrected chi connectivity index (χ1v) is 6.85. The Labute approximate surface area is 129 Å². The summed E-state index contributed by atoms with van der Waals surface area (Å²) in [5.41, 5.74) is 1.22. The molecule has 6 heteroatoms. The van der Waals surface area contributed by atoms with Crippen LogP contribution in [0.1, 0.15) is 23.6 Å². The number of carbonyl (C=O) groups is 1. The van der Waals surface area contributed by atoms with Gasteiger partial charge in [0.2, 0.25) is 0 Å². The van der Waals surface area contributed by atoms with Gasteiger partial charge in [0, 0.05) is 11.9 Å². The van der Waals surface area contributed by atoms with Crippen molar-refractivity contribution >= 4 is 11.6 Å². The molecule has 0 bridgehead atoms. The van der Waals surface area contributed by atoms with Crippen LogP contribution in [0.15, 0.2) is 30.6 Å². The molecule has 6 nitrogen and oxygen atoms in total. The first-order valence-electron chi connectivity index (χ1n) is 6.85. The van der Waals surface area contributed by atoms with Gasteiger partial charge in [-0.2, -0.15) is 10.4 Å². The number of benzene rings is 1. The Hall–Kier alpha value is -2.65. The molecule has 2 rings (SSSR count). The molecule has 0 saturated carbocycles. The van der Waals surface area contributed by atoms with Crippen LogP contribution in [-0.2, 0) is 11.3 Å². The van der Waals surface area contributed by atoms with Crippen molar-refractivity contribution in [3.05, 3.63) is 47.3 Å². The van der Waals surface area contributed by atoms with Crippen LogP contribution in [0.2, 0.25) is 0 Å². The number of nitriles is 1. The number of nitrogens with one attached hydrogen (secondary N) is 1. The molecular formula is C16H18N4O2. The number of carbonyl (C=O) groups excluding carboxylic acids is 1. The van der Waals surface area contributed by atoms with Crippen molar-refractivity contribution in [1.82, 2.24) is 9.78 Å². The largest absolute Gasteiger partial charge is 0.378 e. The second kappa shape index (κ2) is 6.00. The predicted molar refractivity (Wildman–Crippen MR) is 82.1 cm³/mol. The number of hydrogen-bond donors (Lipinski definition) is 2. The highest BCUT2D eigenvalue weighted by Crippen LogP contribution is 2.17. The van der Waals surface area contributed by atoms with Gasteiger partial charge in [0.05, 0.1) is 24.4 Å². The van der Waals surface area contributed by atoms with Crippen LogP contribution in [0.4, 0.5) is 5.69 Å². The summed E-state index contributed by atoms with van der Waals surface area (Å²) in [6, 6.07) is 7.04. The molecule has 1 heterocycles. The van der Waals surface area contributed by atoms with Crippen LogP contribution >= 0.6 is 0 Å². The van der Waals surface area contributed by atoms with Gasteiger partial charge in [-0.25, -0.2) is 0 Å². The highest BCUT2D eigenvalue weighted by Gasteiger charge is 2.31. The zero-order valence-corrected chi connectivity index (χ0v) is 12.8. The van der Waals surface area contributed by atoms with Gasteiger partial charge >= 0.3 is 0 Å². The molecule has 22 heavy (non-hydrogen) atoms. The maximum atomic E-state index is 12.2. The molecule has 0 spiro atoms. The molecule has 1 aromatic carbocycles. The zero-order valence-electron chi connectivity index (χ0n) is 12.8. The maximum Gasteiger partial charge on any atom is 0.257 e. The van der Waals surface area contributed by atoms with Crippen LogP contribution in [0.3, 0.4) is 0 Å². The quantitative estimate of drug-likeness (QED) is 0.899. The summed E-state index contributed by atoms with van der Waals surface area (Å²) >= 11 is 0. The molecule has 0 saturated heterocycles. The molecule has 2 N–H and O–H groups in total. The van der Waals surface area contributed by atoms with E-state index in [-0.39, 0.29) is 6.54 Å². The van der Waals surface area contributed by atoms with Crippen molar-refractivity contribution < 1.29 is 9.90 Å². The van der Waals surface area contributed by atoms with E-state index in [0.717, 1.165) is 11.1 Å². The van der Waals surface area contributed by atoms with Crippen LogP contribution in [0, 0.1) is 25.2 Å². The van der Waals surface area contributed by atoms with E-state index in [1.165, 1.54) is 11.6 Å². The van der Waals surface area contributed by atoms with Gasteiger partial charge in [0.1, 0.15) is 0 Å². The van der Waals surface area contributed by atoms with Crippen molar-refractivity contribution in [3.63, 3.8) is 0 Å². The SMILES string of the molecule is Cc1cnn(C[C@](C)(O)C(=O)Nc2ccc(C#N)c(C)c2)c1. The Morgan fingerprint density at radius 2 is 2.23 bits per heavy atom. The summed E-state index contributed by atoms with van der Waals surface area (Å²) in [6.07, 6.45) is 3.42. The highest BCUT2D eigenvalue weighted by atomic mass is 16.3. The smallest absolute Gasteiger partial charge is 0.257 e. The Morgan fingerprint density at radius 3 is 2.77 bits per heavy atom. The van der Waals surface area contributed by atoms with Crippen molar-refractivity contribution in [2.45, 2.75) is 32.9 Å². The summed E-state index contributed by atoms with van der Waals surface area (Å²) in [5, 5.41) is 26.0. The van der Waals surface area contributed by atoms with E-state index < -0.39 is 11.5 Å². The number of rotatable bonds is 4. The van der Waals surface area contributed by atoms with Crippen LogP contribution < -0.4 is 5.32 Å². The van der Waals surface area contributed by atoms with E-state index >= 15 is 0 Å². The van der Waals surface area contributed by atoms with Gasteiger partial charge in [0.15, 0.2) is 5.60 Å². The van der Waals surface area contributed by atoms with Crippen LogP contribution in [-0.4, -0.2) is 26.4 Å². The first-order chi connectivity index (χ1) is 10.3. The molecule has 1 atom stereocenters. The molecule has 114 valence electrons. The Bertz CT molecular complexity index is 741. The van der Waals surface area contributed by atoms with Crippen LogP contribution in [0.25, 0.3) is 0 Å². The fourth-order valence-corrected chi connectivity index (χ4v) is 2.07. The summed E-state index contributed by atoms with van der Waals surface area (Å²) in [4.78, 5) is 12.2. The molecule has 0 aliphatic rings. The normalized spacial score (nSPS) is 13.2. The minimum absolute atomic E-state index is 0.0575.